The summed E-state index contributed by atoms with van der Waals surface area (Å²) in [5, 5.41) is 24.8. The third-order valence-electron chi connectivity index (χ3n) is 10.4. The number of carbonyl (C=O) groups excluding carboxylic acids is 1. The number of aliphatic hydroxyl groups excluding tert-OH is 1. The molecule has 0 bridgehead atoms. The van der Waals surface area contributed by atoms with Gasteiger partial charge >= 0.3 is 0 Å². The Labute approximate surface area is 310 Å². The van der Waals surface area contributed by atoms with Crippen LogP contribution in [0.1, 0.15) is 70.3 Å². The zero-order valence-corrected chi connectivity index (χ0v) is 30.0. The first-order valence-corrected chi connectivity index (χ1v) is 18.2. The molecule has 2 aliphatic rings. The molecule has 3 heterocycles. The molecule has 4 atom stereocenters. The summed E-state index contributed by atoms with van der Waals surface area (Å²) in [5.41, 5.74) is 6.36. The summed E-state index contributed by atoms with van der Waals surface area (Å²) in [6.07, 6.45) is 3.46. The number of halogens is 1. The highest BCUT2D eigenvalue weighted by atomic mass is 35.5. The number of nitrogens with one attached hydrogen (secondary N) is 1. The van der Waals surface area contributed by atoms with Gasteiger partial charge < -0.3 is 29.9 Å². The van der Waals surface area contributed by atoms with Crippen molar-refractivity contribution < 1.29 is 24.5 Å². The minimum Gasteiger partial charge on any atom is -0.392 e. The summed E-state index contributed by atoms with van der Waals surface area (Å²) >= 11 is 6.11. The molecule has 0 spiro atoms. The lowest BCUT2D eigenvalue weighted by atomic mass is 9.84. The molecular weight excluding hydrogens is 674 g/mol. The Hall–Kier alpha value is -4.41. The van der Waals surface area contributed by atoms with E-state index in [2.05, 4.69) is 46.4 Å². The molecule has 5 aromatic rings. The Balaban J connectivity index is 1.09. The van der Waals surface area contributed by atoms with Crippen LogP contribution in [-0.4, -0.2) is 51.7 Å². The van der Waals surface area contributed by atoms with E-state index in [4.69, 9.17) is 21.1 Å². The van der Waals surface area contributed by atoms with Crippen LogP contribution in [0.2, 0.25) is 5.02 Å². The number of carbonyl (C=O) groups is 1. The minimum atomic E-state index is -0.883. The highest BCUT2D eigenvalue weighted by Crippen LogP contribution is 2.43. The third kappa shape index (κ3) is 8.29. The van der Waals surface area contributed by atoms with Crippen molar-refractivity contribution in [1.29, 1.82) is 0 Å². The van der Waals surface area contributed by atoms with Crippen molar-refractivity contribution in [2.75, 3.05) is 19.6 Å². The summed E-state index contributed by atoms with van der Waals surface area (Å²) in [5.74, 6) is -0.131. The molecule has 4 aromatic carbocycles. The molecule has 268 valence electrons. The monoisotopic (exact) mass is 717 g/mol. The highest BCUT2D eigenvalue weighted by Gasteiger charge is 2.41. The van der Waals surface area contributed by atoms with Crippen LogP contribution in [0, 0.1) is 5.92 Å². The van der Waals surface area contributed by atoms with Crippen molar-refractivity contribution in [3.05, 3.63) is 160 Å². The van der Waals surface area contributed by atoms with E-state index >= 15 is 0 Å². The number of benzene rings is 4. The first-order chi connectivity index (χ1) is 25.3. The number of pyridine rings is 1. The summed E-state index contributed by atoms with van der Waals surface area (Å²) in [7, 11) is 0. The van der Waals surface area contributed by atoms with E-state index < -0.39 is 11.9 Å². The van der Waals surface area contributed by atoms with Crippen LogP contribution in [-0.2, 0) is 28.2 Å². The lowest BCUT2D eigenvalue weighted by Crippen LogP contribution is -2.49. The maximum atomic E-state index is 12.6. The SMILES string of the molecule is C[C@H]1[C@@H](CN2CCC(O)(c3ccc(Cl)cc3)CC2)O[C@@H](c2cccc(-c3cccc(CNC(=O)c4cccnc4)c3)c2)O[C@H]1c1ccc(CO)cc1. The molecule has 2 saturated heterocycles. The van der Waals surface area contributed by atoms with Crippen LogP contribution >= 0.6 is 11.6 Å². The van der Waals surface area contributed by atoms with Gasteiger partial charge in [0, 0.05) is 55.1 Å². The number of piperidine rings is 1. The van der Waals surface area contributed by atoms with Crippen molar-refractivity contribution in [2.24, 2.45) is 5.92 Å². The van der Waals surface area contributed by atoms with E-state index in [1.54, 1.807) is 24.5 Å². The fourth-order valence-electron chi connectivity index (χ4n) is 7.24. The highest BCUT2D eigenvalue weighted by molar-refractivity contribution is 6.30. The summed E-state index contributed by atoms with van der Waals surface area (Å²) in [4.78, 5) is 19.0. The second-order valence-corrected chi connectivity index (χ2v) is 14.3. The van der Waals surface area contributed by atoms with Crippen LogP contribution in [0.4, 0.5) is 0 Å². The fraction of sp³-hybridized carbons (Fsp3) is 0.302. The Morgan fingerprint density at radius 3 is 2.33 bits per heavy atom. The predicted octanol–water partition coefficient (Wildman–Crippen LogP) is 7.60. The van der Waals surface area contributed by atoms with Crippen molar-refractivity contribution >= 4 is 17.5 Å². The van der Waals surface area contributed by atoms with E-state index in [1.165, 1.54) is 0 Å². The standard InChI is InChI=1S/C43H44ClN3O5/c1-29-39(27-47-21-18-43(50,19-22-47)37-14-16-38(44)17-15-37)51-42(52-40(29)32-12-10-30(28-48)11-13-32)35-8-3-7-34(24-35)33-6-2-5-31(23-33)25-46-41(49)36-9-4-20-45-26-36/h2-17,20,23-24,26,29,39-40,42,48,50H,18-19,21-22,25,27-28H2,1H3,(H,46,49)/t29-,39+,40+,42+/m0/s1. The van der Waals surface area contributed by atoms with Crippen LogP contribution in [0.25, 0.3) is 11.1 Å². The first-order valence-electron chi connectivity index (χ1n) is 17.9. The Kier molecular flexibility index (Phi) is 11.1. The van der Waals surface area contributed by atoms with Crippen molar-refractivity contribution in [2.45, 2.75) is 57.0 Å². The Bertz CT molecular complexity index is 1950. The molecule has 0 radical (unpaired) electrons. The van der Waals surface area contributed by atoms with Crippen molar-refractivity contribution in [1.82, 2.24) is 15.2 Å². The normalized spacial score (nSPS) is 21.8. The van der Waals surface area contributed by atoms with E-state index in [9.17, 15) is 15.0 Å². The number of aromatic nitrogens is 1. The lowest BCUT2D eigenvalue weighted by Gasteiger charge is -2.45. The molecule has 8 nitrogen and oxygen atoms in total. The Morgan fingerprint density at radius 1 is 0.885 bits per heavy atom. The number of hydrogen-bond donors (Lipinski definition) is 3. The third-order valence-corrected chi connectivity index (χ3v) is 10.7. The molecule has 0 aliphatic carbocycles. The quantitative estimate of drug-likeness (QED) is 0.137. The molecule has 9 heteroatoms. The van der Waals surface area contributed by atoms with Gasteiger partial charge in [-0.2, -0.15) is 0 Å². The van der Waals surface area contributed by atoms with E-state index in [-0.39, 0.29) is 30.6 Å². The van der Waals surface area contributed by atoms with Crippen molar-refractivity contribution in [3.8, 4) is 11.1 Å². The van der Waals surface area contributed by atoms with Crippen molar-refractivity contribution in [3.63, 3.8) is 0 Å². The zero-order valence-electron chi connectivity index (χ0n) is 29.2. The van der Waals surface area contributed by atoms with Gasteiger partial charge in [0.1, 0.15) is 0 Å². The zero-order chi connectivity index (χ0) is 36.1. The second-order valence-electron chi connectivity index (χ2n) is 13.9. The van der Waals surface area contributed by atoms with Gasteiger partial charge in [0.05, 0.1) is 30.0 Å². The maximum Gasteiger partial charge on any atom is 0.253 e. The second kappa shape index (κ2) is 16.1. The molecule has 2 aliphatic heterocycles. The summed E-state index contributed by atoms with van der Waals surface area (Å²) in [6, 6.07) is 35.4. The largest absolute Gasteiger partial charge is 0.392 e. The van der Waals surface area contributed by atoms with Crippen LogP contribution in [0.3, 0.4) is 0 Å². The lowest BCUT2D eigenvalue weighted by molar-refractivity contribution is -0.277. The van der Waals surface area contributed by atoms with Gasteiger partial charge in [0.15, 0.2) is 6.29 Å². The van der Waals surface area contributed by atoms with Gasteiger partial charge in [0.25, 0.3) is 5.91 Å². The van der Waals surface area contributed by atoms with E-state index in [0.29, 0.717) is 36.5 Å². The molecule has 2 fully saturated rings. The van der Waals surface area contributed by atoms with Crippen LogP contribution in [0.5, 0.6) is 0 Å². The molecule has 1 amide bonds. The van der Waals surface area contributed by atoms with Gasteiger partial charge in [-0.15, -0.1) is 0 Å². The molecular formula is C43H44ClN3O5. The maximum absolute atomic E-state index is 12.6. The molecule has 1 aromatic heterocycles. The smallest absolute Gasteiger partial charge is 0.253 e. The van der Waals surface area contributed by atoms with Gasteiger partial charge in [-0.05, 0) is 82.6 Å². The van der Waals surface area contributed by atoms with E-state index in [0.717, 1.165) is 52.0 Å². The molecule has 0 unspecified atom stereocenters. The van der Waals surface area contributed by atoms with Gasteiger partial charge in [-0.1, -0.05) is 91.3 Å². The van der Waals surface area contributed by atoms with Gasteiger partial charge in [0.2, 0.25) is 0 Å². The first kappa shape index (κ1) is 36.0. The number of ether oxygens (including phenoxy) is 2. The van der Waals surface area contributed by atoms with E-state index in [1.807, 2.05) is 72.8 Å². The average Bonchev–Trinajstić information content (AvgIpc) is 3.19. The molecule has 7 rings (SSSR count). The summed E-state index contributed by atoms with van der Waals surface area (Å²) < 4.78 is 13.6. The molecule has 3 N–H and O–H groups in total. The number of likely N-dealkylation sites (tertiary alicyclic amines) is 1. The fourth-order valence-corrected chi connectivity index (χ4v) is 7.37. The summed E-state index contributed by atoms with van der Waals surface area (Å²) in [6.45, 7) is 4.73. The number of aliphatic hydroxyl groups is 2. The minimum absolute atomic E-state index is 0.0160. The van der Waals surface area contributed by atoms with Crippen LogP contribution in [0.15, 0.2) is 122 Å². The topological polar surface area (TPSA) is 104 Å². The van der Waals surface area contributed by atoms with Crippen LogP contribution < -0.4 is 5.32 Å². The molecule has 52 heavy (non-hydrogen) atoms. The predicted molar refractivity (Wildman–Crippen MR) is 201 cm³/mol. The molecule has 0 saturated carbocycles. The number of hydrogen-bond acceptors (Lipinski definition) is 7. The van der Waals surface area contributed by atoms with Gasteiger partial charge in [-0.25, -0.2) is 0 Å². The average molecular weight is 718 g/mol. The number of nitrogens with zero attached hydrogens (tertiary/aromatic N) is 2. The number of rotatable bonds is 10. The number of amides is 1. The van der Waals surface area contributed by atoms with Gasteiger partial charge in [-0.3, -0.25) is 9.78 Å². The Morgan fingerprint density at radius 2 is 1.62 bits per heavy atom.